The van der Waals surface area contributed by atoms with Gasteiger partial charge in [0.05, 0.1) is 11.7 Å². The first kappa shape index (κ1) is 14.8. The van der Waals surface area contributed by atoms with Gasteiger partial charge in [-0.2, -0.15) is 0 Å². The third kappa shape index (κ3) is 3.48. The summed E-state index contributed by atoms with van der Waals surface area (Å²) >= 11 is 0. The second-order valence-corrected chi connectivity index (χ2v) is 5.25. The molecule has 1 aromatic heterocycles. The van der Waals surface area contributed by atoms with E-state index in [1.165, 1.54) is 6.20 Å². The van der Waals surface area contributed by atoms with Crippen LogP contribution in [0.2, 0.25) is 0 Å². The molecule has 1 atom stereocenters. The molecule has 0 aromatic carbocycles. The molecule has 110 valence electrons. The summed E-state index contributed by atoms with van der Waals surface area (Å²) in [7, 11) is 0. The zero-order valence-electron chi connectivity index (χ0n) is 12.1. The molecule has 5 nitrogen and oxygen atoms in total. The summed E-state index contributed by atoms with van der Waals surface area (Å²) in [5, 5.41) is 8.98. The summed E-state index contributed by atoms with van der Waals surface area (Å²) in [6, 6.07) is 1.68. The number of hydrogen-bond donors (Lipinski definition) is 1. The summed E-state index contributed by atoms with van der Waals surface area (Å²) < 4.78 is 5.82. The van der Waals surface area contributed by atoms with Gasteiger partial charge in [-0.15, -0.1) is 0 Å². The number of nitrogens with zero attached hydrogens (tertiary/aromatic N) is 2. The van der Waals surface area contributed by atoms with Crippen LogP contribution in [0.1, 0.15) is 42.1 Å². The Bertz CT molecular complexity index is 476. The average Bonchev–Trinajstić information content (AvgIpc) is 2.45. The Morgan fingerprint density at radius 2 is 2.40 bits per heavy atom. The third-order valence-electron chi connectivity index (χ3n) is 3.53. The fraction of sp³-hybridized carbons (Fsp3) is 0.600. The number of hydrogen-bond acceptors (Lipinski definition) is 4. The molecule has 0 bridgehead atoms. The number of carboxylic acids is 1. The molecule has 0 spiro atoms. The van der Waals surface area contributed by atoms with Crippen LogP contribution in [0, 0.1) is 6.92 Å². The van der Waals surface area contributed by atoms with Crippen molar-refractivity contribution in [3.05, 3.63) is 23.4 Å². The molecular weight excluding hydrogens is 256 g/mol. The first-order valence-corrected chi connectivity index (χ1v) is 7.18. The van der Waals surface area contributed by atoms with Crippen molar-refractivity contribution in [2.75, 3.05) is 24.6 Å². The Morgan fingerprint density at radius 3 is 3.05 bits per heavy atom. The zero-order valence-corrected chi connectivity index (χ0v) is 12.1. The number of ether oxygens (including phenoxy) is 1. The lowest BCUT2D eigenvalue weighted by molar-refractivity contribution is 0.0439. The minimum absolute atomic E-state index is 0.238. The van der Waals surface area contributed by atoms with E-state index >= 15 is 0 Å². The topological polar surface area (TPSA) is 62.7 Å². The van der Waals surface area contributed by atoms with E-state index in [-0.39, 0.29) is 11.7 Å². The molecule has 2 heterocycles. The van der Waals surface area contributed by atoms with Crippen molar-refractivity contribution in [1.82, 2.24) is 4.98 Å². The van der Waals surface area contributed by atoms with Gasteiger partial charge in [0.15, 0.2) is 0 Å². The molecule has 0 aliphatic carbocycles. The van der Waals surface area contributed by atoms with Crippen LogP contribution in [0.5, 0.6) is 0 Å². The molecule has 1 aliphatic rings. The molecule has 0 radical (unpaired) electrons. The molecule has 1 saturated heterocycles. The van der Waals surface area contributed by atoms with Crippen LogP contribution < -0.4 is 4.90 Å². The number of carbonyl (C=O) groups is 1. The normalized spacial score (nSPS) is 19.1. The van der Waals surface area contributed by atoms with E-state index in [4.69, 9.17) is 9.84 Å². The van der Waals surface area contributed by atoms with Crippen LogP contribution in [0.4, 0.5) is 5.82 Å². The van der Waals surface area contributed by atoms with Crippen LogP contribution in [0.3, 0.4) is 0 Å². The summed E-state index contributed by atoms with van der Waals surface area (Å²) in [5.74, 6) is -0.0604. The number of rotatable bonds is 5. The van der Waals surface area contributed by atoms with Crippen LogP contribution in [0.15, 0.2) is 12.3 Å². The van der Waals surface area contributed by atoms with Crippen molar-refractivity contribution >= 4 is 11.8 Å². The predicted molar refractivity (Wildman–Crippen MR) is 77.4 cm³/mol. The second-order valence-electron chi connectivity index (χ2n) is 5.25. The molecule has 2 rings (SSSR count). The lowest BCUT2D eigenvalue weighted by Gasteiger charge is -2.34. The van der Waals surface area contributed by atoms with Crippen molar-refractivity contribution in [2.45, 2.75) is 39.2 Å². The summed E-state index contributed by atoms with van der Waals surface area (Å²) in [6.45, 7) is 6.59. The van der Waals surface area contributed by atoms with Crippen LogP contribution >= 0.6 is 0 Å². The number of aromatic carboxylic acids is 1. The molecule has 1 unspecified atom stereocenters. The molecule has 20 heavy (non-hydrogen) atoms. The molecule has 1 aliphatic heterocycles. The van der Waals surface area contributed by atoms with Gasteiger partial charge in [-0.1, -0.05) is 6.92 Å². The Labute approximate surface area is 119 Å². The Balaban J connectivity index is 2.08. The first-order chi connectivity index (χ1) is 9.61. The van der Waals surface area contributed by atoms with Crippen LogP contribution in [-0.2, 0) is 4.74 Å². The van der Waals surface area contributed by atoms with E-state index in [1.807, 2.05) is 6.92 Å². The van der Waals surface area contributed by atoms with Gasteiger partial charge in [-0.25, -0.2) is 9.78 Å². The Hall–Kier alpha value is -1.62. The van der Waals surface area contributed by atoms with Gasteiger partial charge < -0.3 is 14.7 Å². The van der Waals surface area contributed by atoms with E-state index in [0.29, 0.717) is 0 Å². The maximum atomic E-state index is 10.9. The molecule has 1 fully saturated rings. The Kier molecular flexibility index (Phi) is 4.95. The number of aryl methyl sites for hydroxylation is 1. The van der Waals surface area contributed by atoms with E-state index in [9.17, 15) is 4.79 Å². The fourth-order valence-electron chi connectivity index (χ4n) is 2.57. The molecular formula is C15H22N2O3. The van der Waals surface area contributed by atoms with Crippen LogP contribution in [-0.4, -0.2) is 41.9 Å². The lowest BCUT2D eigenvalue weighted by atomic mass is 10.1. The maximum Gasteiger partial charge on any atom is 0.337 e. The molecule has 5 heteroatoms. The van der Waals surface area contributed by atoms with Gasteiger partial charge in [0.1, 0.15) is 5.82 Å². The van der Waals surface area contributed by atoms with Crippen molar-refractivity contribution in [1.29, 1.82) is 0 Å². The largest absolute Gasteiger partial charge is 0.478 e. The minimum atomic E-state index is -0.935. The highest BCUT2D eigenvalue weighted by atomic mass is 16.5. The number of pyridine rings is 1. The number of carboxylic acid groups (broad SMARTS) is 1. The van der Waals surface area contributed by atoms with Crippen molar-refractivity contribution < 1.29 is 14.6 Å². The van der Waals surface area contributed by atoms with Crippen molar-refractivity contribution in [2.24, 2.45) is 0 Å². The Morgan fingerprint density at radius 1 is 1.60 bits per heavy atom. The van der Waals surface area contributed by atoms with E-state index in [0.717, 1.165) is 50.3 Å². The van der Waals surface area contributed by atoms with Gasteiger partial charge >= 0.3 is 5.97 Å². The quantitative estimate of drug-likeness (QED) is 0.896. The smallest absolute Gasteiger partial charge is 0.337 e. The highest BCUT2D eigenvalue weighted by Gasteiger charge is 2.22. The summed E-state index contributed by atoms with van der Waals surface area (Å²) in [4.78, 5) is 17.5. The van der Waals surface area contributed by atoms with E-state index in [1.54, 1.807) is 6.07 Å². The highest BCUT2D eigenvalue weighted by Crippen LogP contribution is 2.23. The highest BCUT2D eigenvalue weighted by molar-refractivity contribution is 5.87. The van der Waals surface area contributed by atoms with E-state index in [2.05, 4.69) is 16.8 Å². The molecule has 0 amide bonds. The standard InChI is InChI=1S/C15H22N2O3/c1-3-7-20-13-5-4-6-17(10-13)14-11(2)8-12(9-16-14)15(18)19/h8-9,13H,3-7,10H2,1-2H3,(H,18,19). The molecule has 1 aromatic rings. The van der Waals surface area contributed by atoms with Gasteiger partial charge in [-0.3, -0.25) is 0 Å². The SMILES string of the molecule is CCCOC1CCCN(c2ncc(C(=O)O)cc2C)C1. The van der Waals surface area contributed by atoms with Gasteiger partial charge in [0, 0.05) is 25.9 Å². The fourth-order valence-corrected chi connectivity index (χ4v) is 2.57. The lowest BCUT2D eigenvalue weighted by Crippen LogP contribution is -2.40. The third-order valence-corrected chi connectivity index (χ3v) is 3.53. The minimum Gasteiger partial charge on any atom is -0.478 e. The molecule has 1 N–H and O–H groups in total. The maximum absolute atomic E-state index is 10.9. The zero-order chi connectivity index (χ0) is 14.5. The van der Waals surface area contributed by atoms with Gasteiger partial charge in [0.25, 0.3) is 0 Å². The average molecular weight is 278 g/mol. The molecule has 0 saturated carbocycles. The predicted octanol–water partition coefficient (Wildman–Crippen LogP) is 2.48. The van der Waals surface area contributed by atoms with Gasteiger partial charge in [-0.05, 0) is 37.8 Å². The number of piperidine rings is 1. The summed E-state index contributed by atoms with van der Waals surface area (Å²) in [5.41, 5.74) is 1.14. The first-order valence-electron chi connectivity index (χ1n) is 7.18. The summed E-state index contributed by atoms with van der Waals surface area (Å²) in [6.07, 6.45) is 4.88. The van der Waals surface area contributed by atoms with Gasteiger partial charge in [0.2, 0.25) is 0 Å². The van der Waals surface area contributed by atoms with Crippen molar-refractivity contribution in [3.63, 3.8) is 0 Å². The van der Waals surface area contributed by atoms with E-state index < -0.39 is 5.97 Å². The van der Waals surface area contributed by atoms with Crippen LogP contribution in [0.25, 0.3) is 0 Å². The second kappa shape index (κ2) is 6.70. The van der Waals surface area contributed by atoms with Crippen molar-refractivity contribution in [3.8, 4) is 0 Å². The number of aromatic nitrogens is 1. The number of anilines is 1. The monoisotopic (exact) mass is 278 g/mol.